The molecule has 0 atom stereocenters. The molecule has 0 saturated heterocycles. The van der Waals surface area contributed by atoms with Gasteiger partial charge in [-0.1, -0.05) is 11.6 Å². The fourth-order valence-corrected chi connectivity index (χ4v) is 1.52. The Morgan fingerprint density at radius 3 is 2.44 bits per heavy atom. The van der Waals surface area contributed by atoms with Gasteiger partial charge in [-0.3, -0.25) is 4.79 Å². The lowest BCUT2D eigenvalue weighted by Gasteiger charge is -2.06. The van der Waals surface area contributed by atoms with E-state index in [1.54, 1.807) is 24.3 Å². The normalized spacial score (nSPS) is 10.1. The number of nitrogen functional groups attached to an aromatic ring is 1. The van der Waals surface area contributed by atoms with Crippen LogP contribution in [0.3, 0.4) is 0 Å². The van der Waals surface area contributed by atoms with E-state index in [0.29, 0.717) is 11.4 Å². The number of hydrogen-bond donors (Lipinski definition) is 2. The maximum absolute atomic E-state index is 13.2. The Hall–Kier alpha value is -2.07. The zero-order valence-corrected chi connectivity index (χ0v) is 10.0. The Kier molecular flexibility index (Phi) is 3.48. The summed E-state index contributed by atoms with van der Waals surface area (Å²) in [5.74, 6) is -1.03. The molecule has 0 aliphatic carbocycles. The van der Waals surface area contributed by atoms with Crippen molar-refractivity contribution in [3.8, 4) is 0 Å². The molecule has 3 nitrogen and oxygen atoms in total. The minimum atomic E-state index is -0.623. The summed E-state index contributed by atoms with van der Waals surface area (Å²) in [5.41, 5.74) is 6.92. The van der Waals surface area contributed by atoms with Crippen LogP contribution in [0.5, 0.6) is 0 Å². The van der Waals surface area contributed by atoms with E-state index in [-0.39, 0.29) is 10.6 Å². The Bertz CT molecular complexity index is 584. The van der Waals surface area contributed by atoms with E-state index in [0.717, 1.165) is 6.07 Å². The monoisotopic (exact) mass is 264 g/mol. The van der Waals surface area contributed by atoms with Crippen LogP contribution in [0, 0.1) is 5.82 Å². The summed E-state index contributed by atoms with van der Waals surface area (Å²) >= 11 is 5.54. The molecule has 0 aliphatic heterocycles. The lowest BCUT2D eigenvalue weighted by molar-refractivity contribution is 0.102. The summed E-state index contributed by atoms with van der Waals surface area (Å²) < 4.78 is 13.2. The van der Waals surface area contributed by atoms with Crippen LogP contribution >= 0.6 is 11.6 Å². The number of halogens is 2. The number of anilines is 2. The van der Waals surface area contributed by atoms with Crippen molar-refractivity contribution in [1.29, 1.82) is 0 Å². The number of nitrogens with two attached hydrogens (primary N) is 1. The van der Waals surface area contributed by atoms with Gasteiger partial charge in [0.1, 0.15) is 5.82 Å². The highest BCUT2D eigenvalue weighted by molar-refractivity contribution is 6.30. The van der Waals surface area contributed by atoms with Crippen molar-refractivity contribution in [2.45, 2.75) is 0 Å². The number of amides is 1. The fourth-order valence-electron chi connectivity index (χ4n) is 1.41. The number of nitrogens with one attached hydrogen (secondary N) is 1. The zero-order chi connectivity index (χ0) is 13.1. The molecule has 5 heteroatoms. The van der Waals surface area contributed by atoms with Gasteiger partial charge in [0.2, 0.25) is 0 Å². The molecule has 0 heterocycles. The summed E-state index contributed by atoms with van der Waals surface area (Å²) in [5, 5.41) is 2.61. The number of rotatable bonds is 2. The number of benzene rings is 2. The van der Waals surface area contributed by atoms with Crippen molar-refractivity contribution in [3.05, 3.63) is 58.9 Å². The van der Waals surface area contributed by atoms with Crippen LogP contribution in [0.15, 0.2) is 42.5 Å². The van der Waals surface area contributed by atoms with Crippen LogP contribution in [0.1, 0.15) is 10.4 Å². The topological polar surface area (TPSA) is 55.1 Å². The largest absolute Gasteiger partial charge is 0.399 e. The van der Waals surface area contributed by atoms with Gasteiger partial charge < -0.3 is 11.1 Å². The number of carbonyl (C=O) groups excluding carboxylic acids is 1. The van der Waals surface area contributed by atoms with Crippen LogP contribution in [-0.2, 0) is 0 Å². The molecule has 92 valence electrons. The lowest BCUT2D eigenvalue weighted by Crippen LogP contribution is -2.12. The van der Waals surface area contributed by atoms with Gasteiger partial charge in [-0.05, 0) is 42.5 Å². The average Bonchev–Trinajstić information content (AvgIpc) is 2.35. The predicted octanol–water partition coefficient (Wildman–Crippen LogP) is 3.31. The Morgan fingerprint density at radius 1 is 1.17 bits per heavy atom. The first-order chi connectivity index (χ1) is 8.56. The van der Waals surface area contributed by atoms with Gasteiger partial charge in [0.05, 0.1) is 5.02 Å². The van der Waals surface area contributed by atoms with E-state index >= 15 is 0 Å². The summed E-state index contributed by atoms with van der Waals surface area (Å²) in [7, 11) is 0. The first-order valence-electron chi connectivity index (χ1n) is 5.18. The third kappa shape index (κ3) is 2.78. The van der Waals surface area contributed by atoms with E-state index < -0.39 is 11.7 Å². The zero-order valence-electron chi connectivity index (χ0n) is 9.28. The van der Waals surface area contributed by atoms with Crippen molar-refractivity contribution in [2.24, 2.45) is 0 Å². The standard InChI is InChI=1S/C13H10ClFN2O/c14-11-6-1-8(7-12(11)15)13(18)17-10-4-2-9(16)3-5-10/h1-7H,16H2,(H,17,18). The van der Waals surface area contributed by atoms with Gasteiger partial charge in [0, 0.05) is 16.9 Å². The van der Waals surface area contributed by atoms with Crippen molar-refractivity contribution in [1.82, 2.24) is 0 Å². The predicted molar refractivity (Wildman–Crippen MR) is 70.2 cm³/mol. The van der Waals surface area contributed by atoms with Gasteiger partial charge >= 0.3 is 0 Å². The maximum atomic E-state index is 13.2. The molecule has 0 spiro atoms. The van der Waals surface area contributed by atoms with Crippen molar-refractivity contribution in [2.75, 3.05) is 11.1 Å². The number of carbonyl (C=O) groups is 1. The van der Waals surface area contributed by atoms with Gasteiger partial charge in [0.15, 0.2) is 0 Å². The van der Waals surface area contributed by atoms with Gasteiger partial charge in [-0.15, -0.1) is 0 Å². The van der Waals surface area contributed by atoms with E-state index in [2.05, 4.69) is 5.32 Å². The Labute approximate surface area is 108 Å². The average molecular weight is 265 g/mol. The lowest BCUT2D eigenvalue weighted by atomic mass is 10.2. The van der Waals surface area contributed by atoms with E-state index in [1.807, 2.05) is 0 Å². The molecule has 0 aliphatic rings. The molecule has 0 saturated carbocycles. The molecular weight excluding hydrogens is 255 g/mol. The minimum absolute atomic E-state index is 0.0148. The molecule has 0 fully saturated rings. The molecule has 0 bridgehead atoms. The van der Waals surface area contributed by atoms with Crippen LogP contribution in [-0.4, -0.2) is 5.91 Å². The van der Waals surface area contributed by atoms with E-state index in [4.69, 9.17) is 17.3 Å². The third-order valence-electron chi connectivity index (χ3n) is 2.35. The van der Waals surface area contributed by atoms with Crippen LogP contribution in [0.25, 0.3) is 0 Å². The molecule has 2 rings (SSSR count). The number of hydrogen-bond acceptors (Lipinski definition) is 2. The van der Waals surface area contributed by atoms with Crippen molar-refractivity contribution in [3.63, 3.8) is 0 Å². The molecule has 2 aromatic rings. The summed E-state index contributed by atoms with van der Waals surface area (Å²) in [4.78, 5) is 11.8. The highest BCUT2D eigenvalue weighted by Gasteiger charge is 2.09. The maximum Gasteiger partial charge on any atom is 0.255 e. The molecule has 0 radical (unpaired) electrons. The van der Waals surface area contributed by atoms with Gasteiger partial charge in [-0.25, -0.2) is 4.39 Å². The van der Waals surface area contributed by atoms with E-state index in [1.165, 1.54) is 12.1 Å². The molecule has 0 aromatic heterocycles. The second-order valence-electron chi connectivity index (χ2n) is 3.71. The first-order valence-corrected chi connectivity index (χ1v) is 5.56. The van der Waals surface area contributed by atoms with Crippen molar-refractivity contribution >= 4 is 28.9 Å². The molecule has 3 N–H and O–H groups in total. The van der Waals surface area contributed by atoms with E-state index in [9.17, 15) is 9.18 Å². The molecular formula is C13H10ClFN2O. The first kappa shape index (κ1) is 12.4. The van der Waals surface area contributed by atoms with Crippen molar-refractivity contribution < 1.29 is 9.18 Å². The van der Waals surface area contributed by atoms with Crippen LogP contribution in [0.2, 0.25) is 5.02 Å². The quantitative estimate of drug-likeness (QED) is 0.818. The second kappa shape index (κ2) is 5.06. The summed E-state index contributed by atoms with van der Waals surface area (Å²) in [6.07, 6.45) is 0. The van der Waals surface area contributed by atoms with Crippen LogP contribution in [0.4, 0.5) is 15.8 Å². The highest BCUT2D eigenvalue weighted by Crippen LogP contribution is 2.17. The Balaban J connectivity index is 2.16. The smallest absolute Gasteiger partial charge is 0.255 e. The van der Waals surface area contributed by atoms with Crippen LogP contribution < -0.4 is 11.1 Å². The molecule has 2 aromatic carbocycles. The Morgan fingerprint density at radius 2 is 1.83 bits per heavy atom. The SMILES string of the molecule is Nc1ccc(NC(=O)c2ccc(Cl)c(F)c2)cc1. The summed E-state index contributed by atoms with van der Waals surface area (Å²) in [6, 6.07) is 10.6. The van der Waals surface area contributed by atoms with Gasteiger partial charge in [0.25, 0.3) is 5.91 Å². The molecule has 0 unspecified atom stereocenters. The highest BCUT2D eigenvalue weighted by atomic mass is 35.5. The summed E-state index contributed by atoms with van der Waals surface area (Å²) in [6.45, 7) is 0. The minimum Gasteiger partial charge on any atom is -0.399 e. The van der Waals surface area contributed by atoms with Gasteiger partial charge in [-0.2, -0.15) is 0 Å². The molecule has 1 amide bonds. The molecule has 18 heavy (non-hydrogen) atoms. The third-order valence-corrected chi connectivity index (χ3v) is 2.66. The second-order valence-corrected chi connectivity index (χ2v) is 4.11. The fraction of sp³-hybridized carbons (Fsp3) is 0.